The Morgan fingerprint density at radius 3 is 2.89 bits per heavy atom. The van der Waals surface area contributed by atoms with E-state index < -0.39 is 0 Å². The van der Waals surface area contributed by atoms with Crippen molar-refractivity contribution in [2.75, 3.05) is 6.61 Å². The van der Waals surface area contributed by atoms with E-state index in [9.17, 15) is 4.79 Å². The van der Waals surface area contributed by atoms with Crippen LogP contribution < -0.4 is 10.3 Å². The number of aromatic amines is 1. The molecule has 0 aliphatic heterocycles. The Bertz CT molecular complexity index is 1120. The first kappa shape index (κ1) is 17.0. The van der Waals surface area contributed by atoms with Gasteiger partial charge in [0.25, 0.3) is 5.56 Å². The Balaban J connectivity index is 1.78. The van der Waals surface area contributed by atoms with Crippen LogP contribution in [0.15, 0.2) is 66.0 Å². The molecule has 4 rings (SSSR count). The second kappa shape index (κ2) is 7.45. The average molecular weight is 360 g/mol. The Morgan fingerprint density at radius 2 is 2.07 bits per heavy atom. The summed E-state index contributed by atoms with van der Waals surface area (Å²) < 4.78 is 7.87. The molecular weight excluding hydrogens is 340 g/mol. The van der Waals surface area contributed by atoms with E-state index in [4.69, 9.17) is 4.74 Å². The number of ether oxygens (including phenoxy) is 1. The summed E-state index contributed by atoms with van der Waals surface area (Å²) in [6, 6.07) is 13.2. The van der Waals surface area contributed by atoms with Crippen LogP contribution in [0.4, 0.5) is 0 Å². The van der Waals surface area contributed by atoms with Gasteiger partial charge in [-0.05, 0) is 36.8 Å². The monoisotopic (exact) mass is 360 g/mol. The molecule has 0 spiro atoms. The van der Waals surface area contributed by atoms with Crippen LogP contribution in [0.5, 0.6) is 5.75 Å². The lowest BCUT2D eigenvalue weighted by molar-refractivity contribution is 0.313. The van der Waals surface area contributed by atoms with Crippen molar-refractivity contribution in [1.29, 1.82) is 0 Å². The molecule has 2 heterocycles. The number of nitrogens with zero attached hydrogens (tertiary/aromatic N) is 3. The Kier molecular flexibility index (Phi) is 4.70. The van der Waals surface area contributed by atoms with E-state index in [-0.39, 0.29) is 5.56 Å². The first-order chi connectivity index (χ1) is 13.2. The average Bonchev–Trinajstić information content (AvgIpc) is 3.20. The molecule has 27 heavy (non-hydrogen) atoms. The molecule has 0 saturated heterocycles. The highest BCUT2D eigenvalue weighted by atomic mass is 16.5. The topological polar surface area (TPSA) is 72.8 Å². The molecular formula is C21H20N4O2. The molecule has 4 aromatic rings. The predicted molar refractivity (Wildman–Crippen MR) is 105 cm³/mol. The molecule has 0 atom stereocenters. The zero-order valence-corrected chi connectivity index (χ0v) is 15.1. The molecule has 0 unspecified atom stereocenters. The highest BCUT2D eigenvalue weighted by Crippen LogP contribution is 2.26. The van der Waals surface area contributed by atoms with Crippen molar-refractivity contribution in [3.05, 3.63) is 77.1 Å². The number of benzene rings is 2. The van der Waals surface area contributed by atoms with Gasteiger partial charge in [0.15, 0.2) is 0 Å². The molecule has 136 valence electrons. The Morgan fingerprint density at radius 1 is 1.19 bits per heavy atom. The quantitative estimate of drug-likeness (QED) is 0.570. The summed E-state index contributed by atoms with van der Waals surface area (Å²) >= 11 is 0. The summed E-state index contributed by atoms with van der Waals surface area (Å²) in [5.41, 5.74) is 2.39. The zero-order chi connectivity index (χ0) is 18.6. The van der Waals surface area contributed by atoms with Gasteiger partial charge in [-0.1, -0.05) is 19.1 Å². The second-order valence-corrected chi connectivity index (χ2v) is 6.34. The van der Waals surface area contributed by atoms with Gasteiger partial charge in [-0.15, -0.1) is 0 Å². The molecule has 6 nitrogen and oxygen atoms in total. The van der Waals surface area contributed by atoms with E-state index in [1.807, 2.05) is 47.2 Å². The summed E-state index contributed by atoms with van der Waals surface area (Å²) in [5.74, 6) is 1.38. The third-order valence-corrected chi connectivity index (χ3v) is 4.32. The largest absolute Gasteiger partial charge is 0.493 e. The summed E-state index contributed by atoms with van der Waals surface area (Å²) in [5, 5.41) is 0.586. The molecule has 0 aliphatic carbocycles. The number of hydrogen-bond donors (Lipinski definition) is 1. The summed E-state index contributed by atoms with van der Waals surface area (Å²) in [7, 11) is 0. The minimum atomic E-state index is -0.141. The molecule has 0 aliphatic rings. The van der Waals surface area contributed by atoms with Crippen LogP contribution in [0.3, 0.4) is 0 Å². The lowest BCUT2D eigenvalue weighted by Gasteiger charge is -2.13. The van der Waals surface area contributed by atoms with Crippen LogP contribution in [0.2, 0.25) is 0 Å². The van der Waals surface area contributed by atoms with Gasteiger partial charge in [0, 0.05) is 23.5 Å². The fourth-order valence-corrected chi connectivity index (χ4v) is 3.00. The molecule has 2 aromatic carbocycles. The van der Waals surface area contributed by atoms with Crippen LogP contribution in [0.25, 0.3) is 22.3 Å². The van der Waals surface area contributed by atoms with E-state index in [1.165, 1.54) is 0 Å². The number of rotatable bonds is 6. The number of H-pyrrole nitrogens is 1. The van der Waals surface area contributed by atoms with E-state index >= 15 is 0 Å². The molecule has 0 radical (unpaired) electrons. The van der Waals surface area contributed by atoms with Crippen molar-refractivity contribution >= 4 is 10.9 Å². The van der Waals surface area contributed by atoms with Gasteiger partial charge in [0.2, 0.25) is 0 Å². The van der Waals surface area contributed by atoms with Gasteiger partial charge >= 0.3 is 0 Å². The highest BCUT2D eigenvalue weighted by Gasteiger charge is 2.11. The molecule has 0 amide bonds. The van der Waals surface area contributed by atoms with Crippen LogP contribution in [-0.2, 0) is 6.54 Å². The molecule has 0 bridgehead atoms. The van der Waals surface area contributed by atoms with Gasteiger partial charge in [0.05, 0.1) is 30.4 Å². The van der Waals surface area contributed by atoms with E-state index in [0.29, 0.717) is 29.9 Å². The number of fused-ring (bicyclic) bond motifs is 1. The number of para-hydroxylation sites is 1. The predicted octanol–water partition coefficient (Wildman–Crippen LogP) is 3.62. The fourth-order valence-electron chi connectivity index (χ4n) is 3.00. The van der Waals surface area contributed by atoms with Crippen molar-refractivity contribution in [1.82, 2.24) is 19.5 Å². The SMILES string of the molecule is CCCOc1ccc(-c2nc3ccccc3c(=O)[nH]2)cc1Cn1ccnc1. The minimum absolute atomic E-state index is 0.141. The maximum atomic E-state index is 12.4. The normalized spacial score (nSPS) is 11.0. The summed E-state index contributed by atoms with van der Waals surface area (Å²) in [4.78, 5) is 24.0. The van der Waals surface area contributed by atoms with Gasteiger partial charge in [-0.2, -0.15) is 0 Å². The first-order valence-electron chi connectivity index (χ1n) is 8.95. The zero-order valence-electron chi connectivity index (χ0n) is 15.1. The number of hydrogen-bond acceptors (Lipinski definition) is 4. The molecule has 6 heteroatoms. The number of imidazole rings is 1. The third-order valence-electron chi connectivity index (χ3n) is 4.32. The molecule has 0 saturated carbocycles. The van der Waals surface area contributed by atoms with Crippen LogP contribution in [0.1, 0.15) is 18.9 Å². The second-order valence-electron chi connectivity index (χ2n) is 6.34. The van der Waals surface area contributed by atoms with Crippen molar-refractivity contribution in [2.45, 2.75) is 19.9 Å². The maximum Gasteiger partial charge on any atom is 0.259 e. The number of aromatic nitrogens is 4. The van der Waals surface area contributed by atoms with Crippen molar-refractivity contribution in [3.63, 3.8) is 0 Å². The fraction of sp³-hybridized carbons (Fsp3) is 0.190. The lowest BCUT2D eigenvalue weighted by atomic mass is 10.1. The highest BCUT2D eigenvalue weighted by molar-refractivity contribution is 5.79. The molecule has 1 N–H and O–H groups in total. The van der Waals surface area contributed by atoms with Crippen molar-refractivity contribution in [2.24, 2.45) is 0 Å². The number of nitrogens with one attached hydrogen (secondary N) is 1. The minimum Gasteiger partial charge on any atom is -0.493 e. The van der Waals surface area contributed by atoms with Gasteiger partial charge in [-0.25, -0.2) is 9.97 Å². The van der Waals surface area contributed by atoms with Crippen molar-refractivity contribution < 1.29 is 4.74 Å². The van der Waals surface area contributed by atoms with E-state index in [0.717, 1.165) is 23.3 Å². The summed E-state index contributed by atoms with van der Waals surface area (Å²) in [6.45, 7) is 3.36. The molecule has 0 fully saturated rings. The van der Waals surface area contributed by atoms with Gasteiger partial charge in [0.1, 0.15) is 11.6 Å². The van der Waals surface area contributed by atoms with Crippen molar-refractivity contribution in [3.8, 4) is 17.1 Å². The van der Waals surface area contributed by atoms with Gasteiger partial charge in [-0.3, -0.25) is 4.79 Å². The molecule has 2 aromatic heterocycles. The van der Waals surface area contributed by atoms with Crippen LogP contribution in [0, 0.1) is 0 Å². The Hall–Kier alpha value is -3.41. The Labute approximate surface area is 156 Å². The smallest absolute Gasteiger partial charge is 0.259 e. The van der Waals surface area contributed by atoms with Crippen LogP contribution in [-0.4, -0.2) is 26.1 Å². The third kappa shape index (κ3) is 3.60. The summed E-state index contributed by atoms with van der Waals surface area (Å²) in [6.07, 6.45) is 6.36. The lowest BCUT2D eigenvalue weighted by Crippen LogP contribution is -2.10. The van der Waals surface area contributed by atoms with Crippen LogP contribution >= 0.6 is 0 Å². The van der Waals surface area contributed by atoms with E-state index in [1.54, 1.807) is 18.6 Å². The van der Waals surface area contributed by atoms with Gasteiger partial charge < -0.3 is 14.3 Å². The first-order valence-corrected chi connectivity index (χ1v) is 8.95. The standard InChI is InChI=1S/C21H20N4O2/c1-2-11-27-19-8-7-15(12-16(19)13-25-10-9-22-14-25)20-23-18-6-4-3-5-17(18)21(26)24-20/h3-10,12,14H,2,11,13H2,1H3,(H,23,24,26). The van der Waals surface area contributed by atoms with E-state index in [2.05, 4.69) is 21.9 Å². The maximum absolute atomic E-state index is 12.4.